The van der Waals surface area contributed by atoms with Gasteiger partial charge in [0.1, 0.15) is 12.4 Å². The number of fused-ring (bicyclic) bond motifs is 1. The number of hydrogen-bond acceptors (Lipinski definition) is 5. The van der Waals surface area contributed by atoms with Gasteiger partial charge in [0.05, 0.1) is 6.10 Å². The largest absolute Gasteiger partial charge is 0.489 e. The van der Waals surface area contributed by atoms with Crippen LogP contribution in [0.4, 0.5) is 0 Å². The maximum Gasteiger partial charge on any atom is 0.231 e. The van der Waals surface area contributed by atoms with Crippen molar-refractivity contribution in [1.29, 1.82) is 0 Å². The first-order valence-electron chi connectivity index (χ1n) is 8.79. The zero-order valence-corrected chi connectivity index (χ0v) is 14.2. The molecule has 5 nitrogen and oxygen atoms in total. The van der Waals surface area contributed by atoms with E-state index in [0.29, 0.717) is 19.5 Å². The Morgan fingerprint density at radius 3 is 2.68 bits per heavy atom. The number of nitrogens with one attached hydrogen (secondary N) is 1. The molecule has 132 valence electrons. The van der Waals surface area contributed by atoms with Gasteiger partial charge in [-0.05, 0) is 48.2 Å². The fraction of sp³-hybridized carbons (Fsp3) is 0.400. The highest BCUT2D eigenvalue weighted by molar-refractivity contribution is 5.44. The fourth-order valence-corrected chi connectivity index (χ4v) is 3.08. The third kappa shape index (κ3) is 4.24. The van der Waals surface area contributed by atoms with E-state index < -0.39 is 0 Å². The van der Waals surface area contributed by atoms with Gasteiger partial charge < -0.3 is 24.3 Å². The van der Waals surface area contributed by atoms with E-state index >= 15 is 0 Å². The highest BCUT2D eigenvalue weighted by Gasteiger charge is 2.14. The van der Waals surface area contributed by atoms with Crippen molar-refractivity contribution < 1.29 is 18.9 Å². The van der Waals surface area contributed by atoms with E-state index in [2.05, 4.69) is 17.4 Å². The summed E-state index contributed by atoms with van der Waals surface area (Å²) in [6, 6.07) is 14.1. The van der Waals surface area contributed by atoms with Crippen molar-refractivity contribution >= 4 is 0 Å². The molecule has 0 aliphatic carbocycles. The van der Waals surface area contributed by atoms with Gasteiger partial charge in [-0.3, -0.25) is 0 Å². The van der Waals surface area contributed by atoms with Crippen LogP contribution in [0.5, 0.6) is 17.2 Å². The maximum atomic E-state index is 5.86. The molecule has 2 aromatic carbocycles. The first-order chi connectivity index (χ1) is 12.4. The molecule has 1 saturated heterocycles. The molecular weight excluding hydrogens is 318 g/mol. The maximum absolute atomic E-state index is 5.86. The SMILES string of the molecule is c1cc(OCc2ccc3c(c2)OCO3)ccc1CNCC1CCCO1. The molecule has 25 heavy (non-hydrogen) atoms. The van der Waals surface area contributed by atoms with Crippen molar-refractivity contribution in [2.24, 2.45) is 0 Å². The molecule has 0 radical (unpaired) electrons. The minimum atomic E-state index is 0.294. The topological polar surface area (TPSA) is 49.0 Å². The first-order valence-corrected chi connectivity index (χ1v) is 8.79. The molecule has 1 fully saturated rings. The Labute approximate surface area is 147 Å². The molecule has 1 atom stereocenters. The van der Waals surface area contributed by atoms with E-state index in [-0.39, 0.29) is 0 Å². The Morgan fingerprint density at radius 2 is 1.84 bits per heavy atom. The van der Waals surface area contributed by atoms with Crippen molar-refractivity contribution in [1.82, 2.24) is 5.32 Å². The molecule has 2 aliphatic rings. The second-order valence-corrected chi connectivity index (χ2v) is 6.39. The van der Waals surface area contributed by atoms with Gasteiger partial charge in [-0.15, -0.1) is 0 Å². The number of ether oxygens (including phenoxy) is 4. The molecule has 2 aromatic rings. The summed E-state index contributed by atoms with van der Waals surface area (Å²) in [7, 11) is 0. The third-order valence-corrected chi connectivity index (χ3v) is 4.49. The van der Waals surface area contributed by atoms with Crippen LogP contribution < -0.4 is 19.5 Å². The molecule has 0 saturated carbocycles. The number of rotatable bonds is 7. The highest BCUT2D eigenvalue weighted by atomic mass is 16.7. The van der Waals surface area contributed by atoms with E-state index in [4.69, 9.17) is 18.9 Å². The zero-order valence-electron chi connectivity index (χ0n) is 14.2. The smallest absolute Gasteiger partial charge is 0.231 e. The molecule has 1 N–H and O–H groups in total. The van der Waals surface area contributed by atoms with Crippen LogP contribution in [-0.2, 0) is 17.9 Å². The lowest BCUT2D eigenvalue weighted by atomic mass is 10.2. The summed E-state index contributed by atoms with van der Waals surface area (Å²) in [5.74, 6) is 2.44. The molecule has 0 spiro atoms. The van der Waals surface area contributed by atoms with Crippen LogP contribution in [0.15, 0.2) is 42.5 Å². The minimum Gasteiger partial charge on any atom is -0.489 e. The van der Waals surface area contributed by atoms with E-state index in [9.17, 15) is 0 Å². The summed E-state index contributed by atoms with van der Waals surface area (Å²) < 4.78 is 22.2. The molecule has 1 unspecified atom stereocenters. The molecule has 2 heterocycles. The van der Waals surface area contributed by atoms with Crippen molar-refractivity contribution in [3.05, 3.63) is 53.6 Å². The summed E-state index contributed by atoms with van der Waals surface area (Å²) in [6.07, 6.45) is 2.73. The lowest BCUT2D eigenvalue weighted by Gasteiger charge is -2.11. The van der Waals surface area contributed by atoms with Crippen LogP contribution in [0.1, 0.15) is 24.0 Å². The predicted octanol–water partition coefficient (Wildman–Crippen LogP) is 3.26. The summed E-state index contributed by atoms with van der Waals surface area (Å²) >= 11 is 0. The van der Waals surface area contributed by atoms with Crippen LogP contribution in [0.2, 0.25) is 0 Å². The van der Waals surface area contributed by atoms with Crippen molar-refractivity contribution in [2.45, 2.75) is 32.1 Å². The Balaban J connectivity index is 1.24. The van der Waals surface area contributed by atoms with Gasteiger partial charge in [-0.1, -0.05) is 18.2 Å². The van der Waals surface area contributed by atoms with E-state index in [1.54, 1.807) is 0 Å². The molecular formula is C20H23NO4. The van der Waals surface area contributed by atoms with Gasteiger partial charge in [0, 0.05) is 19.7 Å². The molecule has 5 heteroatoms. The fourth-order valence-electron chi connectivity index (χ4n) is 3.08. The van der Waals surface area contributed by atoms with E-state index in [0.717, 1.165) is 42.5 Å². The van der Waals surface area contributed by atoms with Crippen LogP contribution in [-0.4, -0.2) is 26.0 Å². The summed E-state index contributed by atoms with van der Waals surface area (Å²) in [6.45, 7) is 3.47. The average Bonchev–Trinajstić information content (AvgIpc) is 3.32. The van der Waals surface area contributed by atoms with Crippen molar-refractivity contribution in [3.63, 3.8) is 0 Å². The standard InChI is InChI=1S/C20H23NO4/c1-2-18(22-9-1)12-21-11-15-3-6-17(7-4-15)23-13-16-5-8-19-20(10-16)25-14-24-19/h3-8,10,18,21H,1-2,9,11-14H2. The highest BCUT2D eigenvalue weighted by Crippen LogP contribution is 2.32. The summed E-state index contributed by atoms with van der Waals surface area (Å²) in [5.41, 5.74) is 2.31. The Hall–Kier alpha value is -2.24. The molecule has 2 aliphatic heterocycles. The lowest BCUT2D eigenvalue weighted by molar-refractivity contribution is 0.110. The second-order valence-electron chi connectivity index (χ2n) is 6.39. The van der Waals surface area contributed by atoms with Crippen molar-refractivity contribution in [3.8, 4) is 17.2 Å². The second kappa shape index (κ2) is 7.76. The van der Waals surface area contributed by atoms with Gasteiger partial charge in [-0.2, -0.15) is 0 Å². The molecule has 0 aromatic heterocycles. The quantitative estimate of drug-likeness (QED) is 0.838. The van der Waals surface area contributed by atoms with Gasteiger partial charge >= 0.3 is 0 Å². The monoisotopic (exact) mass is 341 g/mol. The third-order valence-electron chi connectivity index (χ3n) is 4.49. The predicted molar refractivity (Wildman–Crippen MR) is 94.0 cm³/mol. The van der Waals surface area contributed by atoms with Gasteiger partial charge in [0.15, 0.2) is 11.5 Å². The summed E-state index contributed by atoms with van der Waals surface area (Å²) in [4.78, 5) is 0. The zero-order chi connectivity index (χ0) is 16.9. The molecule has 4 rings (SSSR count). The van der Waals surface area contributed by atoms with Crippen molar-refractivity contribution in [2.75, 3.05) is 19.9 Å². The Morgan fingerprint density at radius 1 is 1.00 bits per heavy atom. The first kappa shape index (κ1) is 16.2. The van der Waals surface area contributed by atoms with E-state index in [1.807, 2.05) is 30.3 Å². The lowest BCUT2D eigenvalue weighted by Crippen LogP contribution is -2.25. The van der Waals surface area contributed by atoms with Crippen LogP contribution in [0, 0.1) is 0 Å². The summed E-state index contributed by atoms with van der Waals surface area (Å²) in [5, 5.41) is 3.45. The minimum absolute atomic E-state index is 0.294. The van der Waals surface area contributed by atoms with Crippen LogP contribution in [0.3, 0.4) is 0 Å². The normalized spacial score (nSPS) is 18.5. The van der Waals surface area contributed by atoms with Crippen LogP contribution in [0.25, 0.3) is 0 Å². The van der Waals surface area contributed by atoms with Gasteiger partial charge in [0.2, 0.25) is 6.79 Å². The molecule has 0 amide bonds. The van der Waals surface area contributed by atoms with E-state index in [1.165, 1.54) is 18.4 Å². The van der Waals surface area contributed by atoms with Gasteiger partial charge in [0.25, 0.3) is 0 Å². The van der Waals surface area contributed by atoms with Gasteiger partial charge in [-0.25, -0.2) is 0 Å². The number of benzene rings is 2. The molecule has 0 bridgehead atoms. The number of hydrogen-bond donors (Lipinski definition) is 1. The Bertz CT molecular complexity index is 695. The Kier molecular flexibility index (Phi) is 5.04. The average molecular weight is 341 g/mol. The van der Waals surface area contributed by atoms with Crippen LogP contribution >= 0.6 is 0 Å².